The van der Waals surface area contributed by atoms with Gasteiger partial charge in [0.1, 0.15) is 5.60 Å². The zero-order valence-electron chi connectivity index (χ0n) is 22.7. The van der Waals surface area contributed by atoms with E-state index in [1.807, 2.05) is 13.8 Å². The Kier molecular flexibility index (Phi) is 12.6. The third kappa shape index (κ3) is 11.5. The Morgan fingerprint density at radius 3 is 1.91 bits per heavy atom. The van der Waals surface area contributed by atoms with Crippen LogP contribution in [-0.2, 0) is 9.53 Å². The van der Waals surface area contributed by atoms with E-state index >= 15 is 0 Å². The minimum absolute atomic E-state index is 0.157. The van der Waals surface area contributed by atoms with E-state index < -0.39 is 11.2 Å². The molecule has 1 heterocycles. The van der Waals surface area contributed by atoms with Gasteiger partial charge in [-0.3, -0.25) is 4.79 Å². The summed E-state index contributed by atoms with van der Waals surface area (Å²) in [4.78, 5) is 12.9. The number of ether oxygens (including phenoxy) is 1. The summed E-state index contributed by atoms with van der Waals surface area (Å²) in [7, 11) is 0. The molecule has 1 aliphatic heterocycles. The second-order valence-corrected chi connectivity index (χ2v) is 11.0. The predicted octanol–water partition coefficient (Wildman–Crippen LogP) is 8.19. The fourth-order valence-electron chi connectivity index (χ4n) is 4.35. The summed E-state index contributed by atoms with van der Waals surface area (Å²) in [5.74, 6) is 0.157. The fourth-order valence-corrected chi connectivity index (χ4v) is 4.35. The number of hydrogen-bond donors (Lipinski definition) is 1. The van der Waals surface area contributed by atoms with Gasteiger partial charge in [0.25, 0.3) is 0 Å². The van der Waals surface area contributed by atoms with Gasteiger partial charge in [-0.15, -0.1) is 0 Å². The van der Waals surface area contributed by atoms with Gasteiger partial charge in [-0.2, -0.15) is 0 Å². The Labute approximate surface area is 204 Å². The topological polar surface area (TPSA) is 46.5 Å². The van der Waals surface area contributed by atoms with Crippen molar-refractivity contribution in [2.45, 2.75) is 137 Å². The molecule has 0 spiro atoms. The van der Waals surface area contributed by atoms with Crippen molar-refractivity contribution >= 4 is 5.78 Å². The fraction of sp³-hybridized carbons (Fsp3) is 0.700. The van der Waals surface area contributed by atoms with Crippen molar-refractivity contribution in [3.8, 4) is 0 Å². The molecule has 1 aliphatic rings. The maximum Gasteiger partial charge on any atom is 0.164 e. The van der Waals surface area contributed by atoms with Crippen LogP contribution >= 0.6 is 0 Å². The minimum Gasteiger partial charge on any atom is -0.387 e. The van der Waals surface area contributed by atoms with E-state index in [1.54, 1.807) is 0 Å². The van der Waals surface area contributed by atoms with E-state index in [0.717, 1.165) is 44.9 Å². The molecule has 0 aromatic carbocycles. The summed E-state index contributed by atoms with van der Waals surface area (Å²) in [6.45, 7) is 16.5. The summed E-state index contributed by atoms with van der Waals surface area (Å²) in [5.41, 5.74) is 3.76. The van der Waals surface area contributed by atoms with E-state index in [9.17, 15) is 9.90 Å². The minimum atomic E-state index is -0.905. The number of carbonyl (C=O) groups excluding carboxylic acids is 1. The largest absolute Gasteiger partial charge is 0.387 e. The lowest BCUT2D eigenvalue weighted by Crippen LogP contribution is -2.43. The Bertz CT molecular complexity index is 743. The number of rotatable bonds is 14. The number of allylic oxidation sites excluding steroid dienone is 8. The van der Waals surface area contributed by atoms with Crippen molar-refractivity contribution in [3.05, 3.63) is 46.6 Å². The molecule has 0 radical (unpaired) electrons. The molecule has 0 aromatic rings. The van der Waals surface area contributed by atoms with Gasteiger partial charge in [-0.05, 0) is 113 Å². The van der Waals surface area contributed by atoms with Crippen molar-refractivity contribution in [1.29, 1.82) is 0 Å². The standard InChI is InChI=1S/C30H50O3/c1-23(2)13-9-15-25(5)16-10-17-26(6)18-11-19-27(31)30(8)22-20-28(33-30)29(7,32)21-12-14-24(3)4/h13-14,16,18,28,32H,9-12,15,17,19-22H2,1-8H3/b25-16+,26-18+/t28-,29-,30-/m1/s1. The van der Waals surface area contributed by atoms with Crippen LogP contribution in [0.3, 0.4) is 0 Å². The van der Waals surface area contributed by atoms with Gasteiger partial charge in [-0.1, -0.05) is 46.6 Å². The number of aliphatic hydroxyl groups is 1. The van der Waals surface area contributed by atoms with Crippen LogP contribution in [0.5, 0.6) is 0 Å². The third-order valence-corrected chi connectivity index (χ3v) is 6.76. The van der Waals surface area contributed by atoms with Gasteiger partial charge in [0.05, 0.1) is 11.7 Å². The van der Waals surface area contributed by atoms with Crippen LogP contribution in [0.15, 0.2) is 46.6 Å². The zero-order valence-corrected chi connectivity index (χ0v) is 22.7. The molecule has 0 aliphatic carbocycles. The van der Waals surface area contributed by atoms with Crippen LogP contribution in [-0.4, -0.2) is 28.2 Å². The molecule has 1 fully saturated rings. The highest BCUT2D eigenvalue weighted by Crippen LogP contribution is 2.38. The molecule has 0 amide bonds. The van der Waals surface area contributed by atoms with Crippen LogP contribution in [0.2, 0.25) is 0 Å². The van der Waals surface area contributed by atoms with E-state index in [1.165, 1.54) is 22.3 Å². The summed E-state index contributed by atoms with van der Waals surface area (Å²) < 4.78 is 6.18. The summed E-state index contributed by atoms with van der Waals surface area (Å²) in [6, 6.07) is 0. The Morgan fingerprint density at radius 1 is 0.879 bits per heavy atom. The molecule has 33 heavy (non-hydrogen) atoms. The van der Waals surface area contributed by atoms with Gasteiger partial charge in [0.2, 0.25) is 0 Å². The molecule has 0 bridgehead atoms. The molecular formula is C30H50O3. The average molecular weight is 459 g/mol. The van der Waals surface area contributed by atoms with Gasteiger partial charge in [0.15, 0.2) is 5.78 Å². The zero-order chi connectivity index (χ0) is 25.1. The molecule has 0 saturated carbocycles. The number of Topliss-reactive ketones (excluding diaryl/α,β-unsaturated/α-hetero) is 1. The molecule has 1 saturated heterocycles. The van der Waals surface area contributed by atoms with Gasteiger partial charge < -0.3 is 9.84 Å². The first-order valence-electron chi connectivity index (χ1n) is 12.9. The lowest BCUT2D eigenvalue weighted by molar-refractivity contribution is -0.155. The first kappa shape index (κ1) is 29.6. The molecule has 3 atom stereocenters. The highest BCUT2D eigenvalue weighted by atomic mass is 16.5. The van der Waals surface area contributed by atoms with E-state index in [2.05, 4.69) is 65.8 Å². The molecule has 1 rings (SSSR count). The Morgan fingerprint density at radius 2 is 1.36 bits per heavy atom. The lowest BCUT2D eigenvalue weighted by Gasteiger charge is -2.32. The third-order valence-electron chi connectivity index (χ3n) is 6.76. The second kappa shape index (κ2) is 14.1. The maximum absolute atomic E-state index is 12.9. The van der Waals surface area contributed by atoms with Crippen LogP contribution < -0.4 is 0 Å². The first-order valence-corrected chi connectivity index (χ1v) is 12.9. The van der Waals surface area contributed by atoms with Crippen LogP contribution in [0.4, 0.5) is 0 Å². The monoisotopic (exact) mass is 458 g/mol. The van der Waals surface area contributed by atoms with Gasteiger partial charge >= 0.3 is 0 Å². The van der Waals surface area contributed by atoms with E-state index in [4.69, 9.17) is 4.74 Å². The van der Waals surface area contributed by atoms with Crippen molar-refractivity contribution in [2.24, 2.45) is 0 Å². The molecule has 0 unspecified atom stereocenters. The van der Waals surface area contributed by atoms with Crippen LogP contribution in [0.25, 0.3) is 0 Å². The summed E-state index contributed by atoms with van der Waals surface area (Å²) in [5, 5.41) is 10.9. The molecule has 0 aromatic heterocycles. The van der Waals surface area contributed by atoms with E-state index in [0.29, 0.717) is 19.3 Å². The number of ketones is 1. The molecule has 1 N–H and O–H groups in total. The average Bonchev–Trinajstić information content (AvgIpc) is 3.11. The molecule has 188 valence electrons. The lowest BCUT2D eigenvalue weighted by atomic mass is 9.89. The van der Waals surface area contributed by atoms with Crippen molar-refractivity contribution in [1.82, 2.24) is 0 Å². The van der Waals surface area contributed by atoms with Gasteiger partial charge in [-0.25, -0.2) is 0 Å². The predicted molar refractivity (Wildman–Crippen MR) is 141 cm³/mol. The summed E-state index contributed by atoms with van der Waals surface area (Å²) >= 11 is 0. The molecular weight excluding hydrogens is 408 g/mol. The second-order valence-electron chi connectivity index (χ2n) is 11.0. The molecule has 3 heteroatoms. The highest BCUT2D eigenvalue weighted by Gasteiger charge is 2.47. The van der Waals surface area contributed by atoms with E-state index in [-0.39, 0.29) is 11.9 Å². The van der Waals surface area contributed by atoms with Crippen LogP contribution in [0, 0.1) is 0 Å². The number of carbonyl (C=O) groups is 1. The maximum atomic E-state index is 12.9. The SMILES string of the molecule is CC(C)=CCC/C(C)=C/CC/C(C)=C/CCC(=O)[C@@]1(C)CC[C@H]([C@](C)(O)CCC=C(C)C)O1. The summed E-state index contributed by atoms with van der Waals surface area (Å²) in [6.07, 6.45) is 17.2. The quantitative estimate of drug-likeness (QED) is 0.267. The van der Waals surface area contributed by atoms with Crippen LogP contribution in [0.1, 0.15) is 120 Å². The number of hydrogen-bond acceptors (Lipinski definition) is 3. The van der Waals surface area contributed by atoms with Gasteiger partial charge in [0, 0.05) is 6.42 Å². The Hall–Kier alpha value is -1.45. The van der Waals surface area contributed by atoms with Crippen molar-refractivity contribution in [3.63, 3.8) is 0 Å². The first-order chi connectivity index (χ1) is 15.4. The highest BCUT2D eigenvalue weighted by molar-refractivity contribution is 5.87. The van der Waals surface area contributed by atoms with Crippen molar-refractivity contribution < 1.29 is 14.6 Å². The smallest absolute Gasteiger partial charge is 0.164 e. The normalized spacial score (nSPS) is 23.2. The molecule has 3 nitrogen and oxygen atoms in total. The Balaban J connectivity index is 2.44. The van der Waals surface area contributed by atoms with Crippen molar-refractivity contribution in [2.75, 3.05) is 0 Å².